The van der Waals surface area contributed by atoms with Gasteiger partial charge in [0, 0.05) is 31.9 Å². The zero-order chi connectivity index (χ0) is 14.9. The lowest BCUT2D eigenvalue weighted by molar-refractivity contribution is 0.0165. The van der Waals surface area contributed by atoms with E-state index in [0.29, 0.717) is 24.4 Å². The summed E-state index contributed by atoms with van der Waals surface area (Å²) in [5, 5.41) is 15.7. The van der Waals surface area contributed by atoms with Crippen molar-refractivity contribution in [3.8, 4) is 11.3 Å². The molecule has 22 heavy (non-hydrogen) atoms. The summed E-state index contributed by atoms with van der Waals surface area (Å²) in [5.41, 5.74) is 2.87. The monoisotopic (exact) mass is 300 g/mol. The summed E-state index contributed by atoms with van der Waals surface area (Å²) in [4.78, 5) is 8.96. The number of nitrogens with one attached hydrogen (secondary N) is 1. The van der Waals surface area contributed by atoms with Gasteiger partial charge in [-0.15, -0.1) is 5.10 Å². The fraction of sp³-hybridized carbons (Fsp3) is 0.462. The highest BCUT2D eigenvalue weighted by molar-refractivity contribution is 5.69. The molecule has 9 heteroatoms. The summed E-state index contributed by atoms with van der Waals surface area (Å²) in [7, 11) is 1.87. The van der Waals surface area contributed by atoms with Gasteiger partial charge in [0.25, 0.3) is 0 Å². The van der Waals surface area contributed by atoms with Crippen LogP contribution < -0.4 is 5.32 Å². The number of ether oxygens (including phenoxy) is 1. The number of fused-ring (bicyclic) bond motifs is 1. The first-order chi connectivity index (χ1) is 10.8. The quantitative estimate of drug-likeness (QED) is 0.703. The van der Waals surface area contributed by atoms with Crippen molar-refractivity contribution in [1.29, 1.82) is 0 Å². The molecular weight excluding hydrogens is 284 g/mol. The molecule has 1 fully saturated rings. The van der Waals surface area contributed by atoms with Crippen LogP contribution in [0.5, 0.6) is 0 Å². The van der Waals surface area contributed by atoms with Crippen LogP contribution in [0.2, 0.25) is 0 Å². The highest BCUT2D eigenvalue weighted by Gasteiger charge is 2.17. The van der Waals surface area contributed by atoms with Gasteiger partial charge in [-0.3, -0.25) is 4.68 Å². The van der Waals surface area contributed by atoms with Gasteiger partial charge in [0.15, 0.2) is 5.65 Å². The molecule has 4 rings (SSSR count). The average molecular weight is 300 g/mol. The normalized spacial score (nSPS) is 18.9. The van der Waals surface area contributed by atoms with Crippen LogP contribution in [0.15, 0.2) is 18.6 Å². The van der Waals surface area contributed by atoms with E-state index < -0.39 is 0 Å². The van der Waals surface area contributed by atoms with Crippen LogP contribution in [-0.2, 0) is 18.3 Å². The second-order valence-electron chi connectivity index (χ2n) is 5.27. The molecule has 0 aromatic carbocycles. The Morgan fingerprint density at radius 1 is 1.41 bits per heavy atom. The van der Waals surface area contributed by atoms with Gasteiger partial charge in [-0.05, 0) is 0 Å². The van der Waals surface area contributed by atoms with Crippen molar-refractivity contribution in [1.82, 2.24) is 40.1 Å². The minimum atomic E-state index is 0.0718. The number of hydrogen-bond acceptors (Lipinski definition) is 7. The van der Waals surface area contributed by atoms with Gasteiger partial charge < -0.3 is 10.1 Å². The Morgan fingerprint density at radius 2 is 2.36 bits per heavy atom. The summed E-state index contributed by atoms with van der Waals surface area (Å²) in [6, 6.07) is 0. The van der Waals surface area contributed by atoms with Gasteiger partial charge in [0.05, 0.1) is 37.3 Å². The molecule has 1 atom stereocenters. The van der Waals surface area contributed by atoms with Gasteiger partial charge in [-0.1, -0.05) is 5.21 Å². The van der Waals surface area contributed by atoms with E-state index in [9.17, 15) is 0 Å². The second kappa shape index (κ2) is 5.43. The Hall–Kier alpha value is -2.39. The zero-order valence-corrected chi connectivity index (χ0v) is 12.2. The van der Waals surface area contributed by atoms with E-state index in [1.807, 2.05) is 13.2 Å². The predicted octanol–water partition coefficient (Wildman–Crippen LogP) is -0.390. The molecule has 0 saturated carbocycles. The molecule has 0 bridgehead atoms. The smallest absolute Gasteiger partial charge is 0.221 e. The van der Waals surface area contributed by atoms with Crippen LogP contribution in [0, 0.1) is 0 Å². The van der Waals surface area contributed by atoms with Crippen molar-refractivity contribution < 1.29 is 4.74 Å². The molecule has 1 saturated heterocycles. The van der Waals surface area contributed by atoms with Crippen molar-refractivity contribution in [2.45, 2.75) is 12.6 Å². The second-order valence-corrected chi connectivity index (χ2v) is 5.27. The van der Waals surface area contributed by atoms with Gasteiger partial charge in [-0.25, -0.2) is 14.6 Å². The van der Waals surface area contributed by atoms with Crippen molar-refractivity contribution in [2.24, 2.45) is 7.05 Å². The number of aryl methyl sites for hydroxylation is 1. The molecule has 0 amide bonds. The predicted molar refractivity (Wildman–Crippen MR) is 77.9 cm³/mol. The Bertz CT molecular complexity index is 788. The zero-order valence-electron chi connectivity index (χ0n) is 12.2. The third kappa shape index (κ3) is 2.44. The van der Waals surface area contributed by atoms with Crippen molar-refractivity contribution in [3.63, 3.8) is 0 Å². The standard InChI is InChI=1S/C13H16N8O/c1-20-7-9(4-16-20)11-6-15-12-13(17-11)21(19-18-12)8-10-5-14-2-3-22-10/h4,6-7,10,14H,2-3,5,8H2,1H3. The van der Waals surface area contributed by atoms with Crippen molar-refractivity contribution >= 4 is 11.3 Å². The van der Waals surface area contributed by atoms with E-state index in [4.69, 9.17) is 4.74 Å². The van der Waals surface area contributed by atoms with Crippen LogP contribution in [0.3, 0.4) is 0 Å². The van der Waals surface area contributed by atoms with E-state index in [2.05, 4.69) is 30.7 Å². The Labute approximate surface area is 126 Å². The molecule has 9 nitrogen and oxygen atoms in total. The molecule has 1 N–H and O–H groups in total. The fourth-order valence-electron chi connectivity index (χ4n) is 2.50. The molecule has 1 unspecified atom stereocenters. The number of nitrogens with zero attached hydrogens (tertiary/aromatic N) is 7. The summed E-state index contributed by atoms with van der Waals surface area (Å²) >= 11 is 0. The van der Waals surface area contributed by atoms with E-state index in [0.717, 1.165) is 24.3 Å². The summed E-state index contributed by atoms with van der Waals surface area (Å²) < 4.78 is 9.19. The molecule has 114 valence electrons. The highest BCUT2D eigenvalue weighted by atomic mass is 16.5. The maximum Gasteiger partial charge on any atom is 0.221 e. The molecule has 1 aliphatic rings. The first-order valence-corrected chi connectivity index (χ1v) is 7.17. The molecule has 3 aromatic heterocycles. The van der Waals surface area contributed by atoms with Gasteiger partial charge in [0.1, 0.15) is 0 Å². The Balaban J connectivity index is 1.67. The minimum Gasteiger partial charge on any atom is -0.374 e. The molecule has 0 aliphatic carbocycles. The van der Waals surface area contributed by atoms with Crippen LogP contribution in [0.1, 0.15) is 0 Å². The first kappa shape index (κ1) is 13.3. The van der Waals surface area contributed by atoms with Crippen molar-refractivity contribution in [3.05, 3.63) is 18.6 Å². The Morgan fingerprint density at radius 3 is 3.14 bits per heavy atom. The van der Waals surface area contributed by atoms with E-state index >= 15 is 0 Å². The molecule has 0 radical (unpaired) electrons. The van der Waals surface area contributed by atoms with E-state index in [1.165, 1.54) is 0 Å². The van der Waals surface area contributed by atoms with Gasteiger partial charge in [-0.2, -0.15) is 5.10 Å². The Kier molecular flexibility index (Phi) is 3.28. The SMILES string of the molecule is Cn1cc(-c2cnc3nnn(CC4CNCCO4)c3n2)cn1. The maximum absolute atomic E-state index is 5.71. The number of aromatic nitrogens is 7. The van der Waals surface area contributed by atoms with Crippen LogP contribution in [0.4, 0.5) is 0 Å². The molecule has 1 aliphatic heterocycles. The number of hydrogen-bond donors (Lipinski definition) is 1. The number of rotatable bonds is 3. The third-order valence-electron chi connectivity index (χ3n) is 3.61. The van der Waals surface area contributed by atoms with Crippen molar-refractivity contribution in [2.75, 3.05) is 19.7 Å². The van der Waals surface area contributed by atoms with E-state index in [1.54, 1.807) is 21.8 Å². The summed E-state index contributed by atoms with van der Waals surface area (Å²) in [6.45, 7) is 3.01. The summed E-state index contributed by atoms with van der Waals surface area (Å²) in [5.74, 6) is 0. The topological polar surface area (TPSA) is 95.6 Å². The minimum absolute atomic E-state index is 0.0718. The fourth-order valence-corrected chi connectivity index (χ4v) is 2.50. The van der Waals surface area contributed by atoms with Gasteiger partial charge >= 0.3 is 0 Å². The largest absolute Gasteiger partial charge is 0.374 e. The third-order valence-corrected chi connectivity index (χ3v) is 3.61. The van der Waals surface area contributed by atoms with Crippen LogP contribution in [0.25, 0.3) is 22.6 Å². The maximum atomic E-state index is 5.71. The average Bonchev–Trinajstić information content (AvgIpc) is 3.15. The summed E-state index contributed by atoms with van der Waals surface area (Å²) in [6.07, 6.45) is 5.43. The molecule has 0 spiro atoms. The lowest BCUT2D eigenvalue weighted by Crippen LogP contribution is -2.40. The molecular formula is C13H16N8O. The number of morpholine rings is 1. The lowest BCUT2D eigenvalue weighted by Gasteiger charge is -2.23. The van der Waals surface area contributed by atoms with Crippen LogP contribution in [-0.4, -0.2) is 60.5 Å². The molecule has 4 heterocycles. The molecule has 3 aromatic rings. The highest BCUT2D eigenvalue weighted by Crippen LogP contribution is 2.17. The first-order valence-electron chi connectivity index (χ1n) is 7.17. The van der Waals surface area contributed by atoms with Gasteiger partial charge in [0.2, 0.25) is 5.65 Å². The lowest BCUT2D eigenvalue weighted by atomic mass is 10.3. The van der Waals surface area contributed by atoms with E-state index in [-0.39, 0.29) is 6.10 Å². The van der Waals surface area contributed by atoms with Crippen LogP contribution >= 0.6 is 0 Å².